The van der Waals surface area contributed by atoms with Crippen LogP contribution in [0.3, 0.4) is 0 Å². The van der Waals surface area contributed by atoms with Crippen molar-refractivity contribution < 1.29 is 4.92 Å². The Kier molecular flexibility index (Phi) is 3.69. The van der Waals surface area contributed by atoms with Crippen molar-refractivity contribution in [3.63, 3.8) is 0 Å². The number of non-ortho nitro benzene ring substituents is 1. The number of aliphatic imine (C=N–C) groups is 1. The number of hydrogen-bond acceptors (Lipinski definition) is 3. The van der Waals surface area contributed by atoms with Crippen molar-refractivity contribution in [2.24, 2.45) is 4.99 Å². The first-order valence-corrected chi connectivity index (χ1v) is 5.58. The minimum absolute atomic E-state index is 0.00564. The van der Waals surface area contributed by atoms with E-state index < -0.39 is 4.92 Å². The van der Waals surface area contributed by atoms with Crippen LogP contribution in [0.2, 0.25) is 0 Å². The average molecular weight is 261 g/mol. The molecular formula is C13H9ClN2O2. The Morgan fingerprint density at radius 3 is 2.50 bits per heavy atom. The third kappa shape index (κ3) is 2.93. The zero-order valence-corrected chi connectivity index (χ0v) is 10.0. The fourth-order valence-electron chi connectivity index (χ4n) is 1.43. The molecule has 18 heavy (non-hydrogen) atoms. The zero-order valence-electron chi connectivity index (χ0n) is 9.29. The Hall–Kier alpha value is -2.20. The number of benzene rings is 2. The molecule has 0 unspecified atom stereocenters. The van der Waals surface area contributed by atoms with Gasteiger partial charge in [-0.05, 0) is 12.1 Å². The molecule has 2 rings (SSSR count). The minimum atomic E-state index is -0.462. The van der Waals surface area contributed by atoms with Crippen LogP contribution in [0.1, 0.15) is 5.56 Å². The van der Waals surface area contributed by atoms with E-state index in [0.717, 1.165) is 0 Å². The van der Waals surface area contributed by atoms with Gasteiger partial charge in [0, 0.05) is 17.7 Å². The Morgan fingerprint density at radius 1 is 1.11 bits per heavy atom. The Balaban J connectivity index is 2.34. The highest BCUT2D eigenvalue weighted by molar-refractivity contribution is 6.69. The van der Waals surface area contributed by atoms with E-state index in [1.807, 2.05) is 18.2 Å². The average Bonchev–Trinajstić information content (AvgIpc) is 2.40. The summed E-state index contributed by atoms with van der Waals surface area (Å²) in [6, 6.07) is 15.2. The lowest BCUT2D eigenvalue weighted by molar-refractivity contribution is -0.384. The number of hydrogen-bond donors (Lipinski definition) is 0. The lowest BCUT2D eigenvalue weighted by Gasteiger charge is -1.99. The molecule has 0 amide bonds. The van der Waals surface area contributed by atoms with Crippen molar-refractivity contribution in [3.8, 4) is 0 Å². The van der Waals surface area contributed by atoms with Gasteiger partial charge in [-0.2, -0.15) is 0 Å². The molecule has 0 heterocycles. The van der Waals surface area contributed by atoms with Crippen LogP contribution in [0.5, 0.6) is 0 Å². The van der Waals surface area contributed by atoms with Crippen molar-refractivity contribution in [2.45, 2.75) is 0 Å². The molecule has 0 saturated heterocycles. The summed E-state index contributed by atoms with van der Waals surface area (Å²) in [4.78, 5) is 14.4. The standard InChI is InChI=1S/C13H9ClN2O2/c14-13(15-11-6-2-1-3-7-11)10-5-4-8-12(9-10)16(17)18/h1-9H. The van der Waals surface area contributed by atoms with Crippen LogP contribution in [0.4, 0.5) is 11.4 Å². The predicted octanol–water partition coefficient (Wildman–Crippen LogP) is 3.91. The fraction of sp³-hybridized carbons (Fsp3) is 0. The highest BCUT2D eigenvalue weighted by Gasteiger charge is 2.08. The van der Waals surface area contributed by atoms with Gasteiger partial charge in [0.2, 0.25) is 0 Å². The van der Waals surface area contributed by atoms with Crippen LogP contribution in [0, 0.1) is 10.1 Å². The van der Waals surface area contributed by atoms with Crippen molar-refractivity contribution in [1.82, 2.24) is 0 Å². The molecule has 0 radical (unpaired) electrons. The first-order valence-electron chi connectivity index (χ1n) is 5.21. The molecule has 0 fully saturated rings. The van der Waals surface area contributed by atoms with E-state index in [1.54, 1.807) is 24.3 Å². The molecule has 2 aromatic carbocycles. The number of rotatable bonds is 3. The monoisotopic (exact) mass is 260 g/mol. The van der Waals surface area contributed by atoms with E-state index in [2.05, 4.69) is 4.99 Å². The Morgan fingerprint density at radius 2 is 1.83 bits per heavy atom. The van der Waals surface area contributed by atoms with Crippen LogP contribution < -0.4 is 0 Å². The molecule has 0 aliphatic rings. The maximum Gasteiger partial charge on any atom is 0.270 e. The zero-order chi connectivity index (χ0) is 13.0. The molecule has 0 aromatic heterocycles. The van der Waals surface area contributed by atoms with Crippen molar-refractivity contribution >= 4 is 28.1 Å². The maximum absolute atomic E-state index is 10.7. The van der Waals surface area contributed by atoms with E-state index in [-0.39, 0.29) is 10.9 Å². The topological polar surface area (TPSA) is 55.5 Å². The third-order valence-electron chi connectivity index (χ3n) is 2.28. The van der Waals surface area contributed by atoms with E-state index in [4.69, 9.17) is 11.6 Å². The predicted molar refractivity (Wildman–Crippen MR) is 71.6 cm³/mol. The molecule has 0 spiro atoms. The third-order valence-corrected chi connectivity index (χ3v) is 2.58. The number of nitrogens with zero attached hydrogens (tertiary/aromatic N) is 2. The summed E-state index contributed by atoms with van der Waals surface area (Å²) in [5.41, 5.74) is 1.22. The summed E-state index contributed by atoms with van der Waals surface area (Å²) in [7, 11) is 0. The van der Waals surface area contributed by atoms with Gasteiger partial charge in [0.25, 0.3) is 5.69 Å². The molecule has 0 saturated carbocycles. The molecule has 5 heteroatoms. The summed E-state index contributed by atoms with van der Waals surface area (Å²) < 4.78 is 0. The van der Waals surface area contributed by atoms with Crippen LogP contribution in [0.15, 0.2) is 59.6 Å². The quantitative estimate of drug-likeness (QED) is 0.477. The van der Waals surface area contributed by atoms with Gasteiger partial charge in [-0.3, -0.25) is 10.1 Å². The van der Waals surface area contributed by atoms with E-state index in [0.29, 0.717) is 11.3 Å². The summed E-state index contributed by atoms with van der Waals surface area (Å²) in [6.07, 6.45) is 0. The van der Waals surface area contributed by atoms with Gasteiger partial charge in [0.1, 0.15) is 5.17 Å². The van der Waals surface area contributed by atoms with Gasteiger partial charge in [0.05, 0.1) is 10.6 Å². The van der Waals surface area contributed by atoms with Gasteiger partial charge in [-0.25, -0.2) is 4.99 Å². The molecule has 2 aromatic rings. The van der Waals surface area contributed by atoms with Gasteiger partial charge in [-0.15, -0.1) is 0 Å². The molecule has 0 bridgehead atoms. The van der Waals surface area contributed by atoms with Crippen molar-refractivity contribution in [2.75, 3.05) is 0 Å². The van der Waals surface area contributed by atoms with Crippen LogP contribution >= 0.6 is 11.6 Å². The van der Waals surface area contributed by atoms with E-state index in [1.165, 1.54) is 12.1 Å². The van der Waals surface area contributed by atoms with Crippen LogP contribution in [-0.4, -0.2) is 10.1 Å². The molecule has 0 aliphatic heterocycles. The van der Waals surface area contributed by atoms with Gasteiger partial charge < -0.3 is 0 Å². The number of para-hydroxylation sites is 1. The maximum atomic E-state index is 10.7. The highest BCUT2D eigenvalue weighted by Crippen LogP contribution is 2.18. The SMILES string of the molecule is O=[N+]([O-])c1cccc(C(Cl)=Nc2ccccc2)c1. The Bertz CT molecular complexity index is 597. The summed E-state index contributed by atoms with van der Waals surface area (Å²) in [5, 5.41) is 10.9. The van der Waals surface area contributed by atoms with Gasteiger partial charge in [0.15, 0.2) is 0 Å². The number of nitro groups is 1. The molecular weight excluding hydrogens is 252 g/mol. The summed E-state index contributed by atoms with van der Waals surface area (Å²) >= 11 is 6.04. The van der Waals surface area contributed by atoms with Crippen molar-refractivity contribution in [1.29, 1.82) is 0 Å². The minimum Gasteiger partial charge on any atom is -0.258 e. The van der Waals surface area contributed by atoms with Gasteiger partial charge in [-0.1, -0.05) is 41.9 Å². The van der Waals surface area contributed by atoms with Crippen LogP contribution in [-0.2, 0) is 0 Å². The Labute approximate surface area is 109 Å². The van der Waals surface area contributed by atoms with Crippen LogP contribution in [0.25, 0.3) is 0 Å². The van der Waals surface area contributed by atoms with E-state index in [9.17, 15) is 10.1 Å². The number of halogens is 1. The molecule has 0 atom stereocenters. The van der Waals surface area contributed by atoms with Gasteiger partial charge >= 0.3 is 0 Å². The second kappa shape index (κ2) is 5.42. The normalized spacial score (nSPS) is 11.3. The summed E-state index contributed by atoms with van der Waals surface area (Å²) in [6.45, 7) is 0. The smallest absolute Gasteiger partial charge is 0.258 e. The second-order valence-corrected chi connectivity index (χ2v) is 3.90. The largest absolute Gasteiger partial charge is 0.270 e. The first-order chi connectivity index (χ1) is 8.66. The van der Waals surface area contributed by atoms with E-state index >= 15 is 0 Å². The summed E-state index contributed by atoms with van der Waals surface area (Å²) in [5.74, 6) is 0. The molecule has 90 valence electrons. The van der Waals surface area contributed by atoms with Crippen molar-refractivity contribution in [3.05, 3.63) is 70.3 Å². The number of nitro benzene ring substituents is 1. The lowest BCUT2D eigenvalue weighted by atomic mass is 10.2. The second-order valence-electron chi connectivity index (χ2n) is 3.55. The first kappa shape index (κ1) is 12.3. The molecule has 0 N–H and O–H groups in total. The molecule has 4 nitrogen and oxygen atoms in total. The highest BCUT2D eigenvalue weighted by atomic mass is 35.5. The lowest BCUT2D eigenvalue weighted by Crippen LogP contribution is -1.94. The molecule has 0 aliphatic carbocycles. The fourth-order valence-corrected chi connectivity index (χ4v) is 1.64.